The van der Waals surface area contributed by atoms with E-state index in [-0.39, 0.29) is 29.4 Å². The smallest absolute Gasteiger partial charge is 0.271 e. The lowest BCUT2D eigenvalue weighted by atomic mass is 10.0. The van der Waals surface area contributed by atoms with Crippen molar-refractivity contribution in [1.82, 2.24) is 18.7 Å². The maximum atomic E-state index is 13.6. The lowest BCUT2D eigenvalue weighted by molar-refractivity contribution is 0.615. The van der Waals surface area contributed by atoms with Gasteiger partial charge in [0, 0.05) is 0 Å². The molecule has 0 saturated carbocycles. The van der Waals surface area contributed by atoms with Crippen molar-refractivity contribution in [2.45, 2.75) is 32.9 Å². The third-order valence-electron chi connectivity index (χ3n) is 5.60. The summed E-state index contributed by atoms with van der Waals surface area (Å²) in [7, 11) is 0. The summed E-state index contributed by atoms with van der Waals surface area (Å²) in [6.07, 6.45) is 0. The van der Waals surface area contributed by atoms with Crippen LogP contribution in [0.3, 0.4) is 0 Å². The Labute approximate surface area is 186 Å². The summed E-state index contributed by atoms with van der Waals surface area (Å²) in [5, 5.41) is 6.28. The molecule has 3 aromatic heterocycles. The molecule has 5 aromatic rings. The van der Waals surface area contributed by atoms with Crippen LogP contribution in [0.1, 0.15) is 36.5 Å². The van der Waals surface area contributed by atoms with Crippen molar-refractivity contribution >= 4 is 27.3 Å². The molecule has 0 atom stereocenters. The SMILES string of the molecule is CC(C)c1ccc(Cn2c(=O)c3sccc3n3c(=O)n(Cc4cccc(F)c4)nc23)cc1. The van der Waals surface area contributed by atoms with Crippen LogP contribution in [0, 0.1) is 5.82 Å². The quantitative estimate of drug-likeness (QED) is 0.404. The van der Waals surface area contributed by atoms with E-state index < -0.39 is 0 Å². The second-order valence-electron chi connectivity index (χ2n) is 8.13. The normalized spacial score (nSPS) is 11.8. The van der Waals surface area contributed by atoms with Gasteiger partial charge in [0.15, 0.2) is 0 Å². The second kappa shape index (κ2) is 7.87. The van der Waals surface area contributed by atoms with Crippen molar-refractivity contribution < 1.29 is 4.39 Å². The maximum Gasteiger partial charge on any atom is 0.352 e. The first-order valence-electron chi connectivity index (χ1n) is 10.3. The molecule has 0 N–H and O–H groups in total. The van der Waals surface area contributed by atoms with Crippen LogP contribution in [0.4, 0.5) is 4.39 Å². The van der Waals surface area contributed by atoms with Gasteiger partial charge in [0.25, 0.3) is 5.56 Å². The van der Waals surface area contributed by atoms with Gasteiger partial charge in [0.2, 0.25) is 5.78 Å². The monoisotopic (exact) mass is 448 g/mol. The van der Waals surface area contributed by atoms with E-state index in [2.05, 4.69) is 31.1 Å². The Morgan fingerprint density at radius 2 is 1.78 bits per heavy atom. The van der Waals surface area contributed by atoms with Gasteiger partial charge in [-0.2, -0.15) is 0 Å². The van der Waals surface area contributed by atoms with E-state index >= 15 is 0 Å². The van der Waals surface area contributed by atoms with Crippen molar-refractivity contribution in [3.8, 4) is 0 Å². The van der Waals surface area contributed by atoms with Crippen LogP contribution >= 0.6 is 11.3 Å². The van der Waals surface area contributed by atoms with Gasteiger partial charge in [-0.1, -0.05) is 50.2 Å². The highest BCUT2D eigenvalue weighted by molar-refractivity contribution is 7.17. The van der Waals surface area contributed by atoms with Crippen LogP contribution in [-0.2, 0) is 13.1 Å². The molecule has 0 saturated heterocycles. The molecule has 3 heterocycles. The van der Waals surface area contributed by atoms with Crippen LogP contribution in [0.15, 0.2) is 69.6 Å². The molecule has 0 aliphatic carbocycles. The number of hydrogen-bond donors (Lipinski definition) is 0. The number of rotatable bonds is 5. The topological polar surface area (TPSA) is 61.3 Å². The van der Waals surface area contributed by atoms with Crippen LogP contribution in [-0.4, -0.2) is 18.7 Å². The molecular weight excluding hydrogens is 427 g/mol. The predicted octanol–water partition coefficient (Wildman–Crippen LogP) is 4.23. The second-order valence-corrected chi connectivity index (χ2v) is 9.04. The van der Waals surface area contributed by atoms with Gasteiger partial charge in [0.05, 0.1) is 18.6 Å². The fourth-order valence-corrected chi connectivity index (χ4v) is 4.70. The van der Waals surface area contributed by atoms with Crippen molar-refractivity contribution in [3.63, 3.8) is 0 Å². The highest BCUT2D eigenvalue weighted by Gasteiger charge is 2.19. The van der Waals surface area contributed by atoms with E-state index in [0.717, 1.165) is 5.56 Å². The van der Waals surface area contributed by atoms with E-state index in [1.54, 1.807) is 23.6 Å². The number of nitrogens with zero attached hydrogens (tertiary/aromatic N) is 4. The van der Waals surface area contributed by atoms with E-state index in [9.17, 15) is 14.0 Å². The van der Waals surface area contributed by atoms with Crippen molar-refractivity contribution in [1.29, 1.82) is 0 Å². The number of halogens is 1. The molecule has 0 bridgehead atoms. The van der Waals surface area contributed by atoms with Gasteiger partial charge in [-0.25, -0.2) is 18.3 Å². The lowest BCUT2D eigenvalue weighted by Gasteiger charge is -2.10. The molecule has 8 heteroatoms. The fraction of sp³-hybridized carbons (Fsp3) is 0.208. The standard InChI is InChI=1S/C24H21FN4O2S/c1-15(2)18-8-6-16(7-9-18)13-27-22(30)21-20(10-11-32-21)29-23(27)26-28(24(29)31)14-17-4-3-5-19(25)12-17/h3-12,15H,13-14H2,1-2H3. The van der Waals surface area contributed by atoms with E-state index in [4.69, 9.17) is 0 Å². The van der Waals surface area contributed by atoms with Gasteiger partial charge in [-0.3, -0.25) is 9.36 Å². The molecule has 0 fully saturated rings. The average molecular weight is 449 g/mol. The zero-order chi connectivity index (χ0) is 22.4. The Morgan fingerprint density at radius 3 is 2.50 bits per heavy atom. The molecule has 0 aliphatic heterocycles. The van der Waals surface area contributed by atoms with Crippen molar-refractivity contribution in [2.75, 3.05) is 0 Å². The van der Waals surface area contributed by atoms with Crippen molar-refractivity contribution in [2.24, 2.45) is 0 Å². The number of benzene rings is 2. The summed E-state index contributed by atoms with van der Waals surface area (Å²) < 4.78 is 18.4. The Bertz CT molecular complexity index is 1560. The zero-order valence-electron chi connectivity index (χ0n) is 17.7. The third-order valence-corrected chi connectivity index (χ3v) is 6.49. The van der Waals surface area contributed by atoms with Gasteiger partial charge in [-0.15, -0.1) is 16.4 Å². The number of fused-ring (bicyclic) bond motifs is 3. The lowest BCUT2D eigenvalue weighted by Crippen LogP contribution is -2.26. The minimum absolute atomic E-state index is 0.112. The molecule has 0 radical (unpaired) electrons. The average Bonchev–Trinajstić information content (AvgIpc) is 3.37. The van der Waals surface area contributed by atoms with Gasteiger partial charge in [-0.05, 0) is 46.2 Å². The maximum absolute atomic E-state index is 13.6. The molecule has 0 unspecified atom stereocenters. The molecular formula is C24H21FN4O2S. The first kappa shape index (κ1) is 20.4. The Hall–Kier alpha value is -3.52. The number of hydrogen-bond acceptors (Lipinski definition) is 4. The van der Waals surface area contributed by atoms with Crippen molar-refractivity contribution in [3.05, 3.63) is 103 Å². The first-order valence-corrected chi connectivity index (χ1v) is 11.2. The highest BCUT2D eigenvalue weighted by Crippen LogP contribution is 2.19. The Balaban J connectivity index is 1.67. The summed E-state index contributed by atoms with van der Waals surface area (Å²) in [6, 6.07) is 15.9. The molecule has 0 spiro atoms. The van der Waals surface area contributed by atoms with E-state index in [0.29, 0.717) is 28.2 Å². The summed E-state index contributed by atoms with van der Waals surface area (Å²) in [4.78, 5) is 26.5. The van der Waals surface area contributed by atoms with E-state index in [1.165, 1.54) is 42.7 Å². The third kappa shape index (κ3) is 3.46. The molecule has 0 amide bonds. The molecule has 0 aliphatic rings. The number of thiophene rings is 1. The highest BCUT2D eigenvalue weighted by atomic mass is 32.1. The summed E-state index contributed by atoms with van der Waals surface area (Å²) in [5.41, 5.74) is 2.78. The predicted molar refractivity (Wildman–Crippen MR) is 124 cm³/mol. The summed E-state index contributed by atoms with van der Waals surface area (Å²) >= 11 is 1.30. The molecule has 32 heavy (non-hydrogen) atoms. The minimum atomic E-state index is -0.374. The fourth-order valence-electron chi connectivity index (χ4n) is 3.88. The first-order chi connectivity index (χ1) is 15.4. The van der Waals surface area contributed by atoms with Gasteiger partial charge in [0.1, 0.15) is 10.5 Å². The van der Waals surface area contributed by atoms with E-state index in [1.807, 2.05) is 12.1 Å². The van der Waals surface area contributed by atoms with Crippen LogP contribution < -0.4 is 11.2 Å². The van der Waals surface area contributed by atoms with Gasteiger partial charge >= 0.3 is 5.69 Å². The van der Waals surface area contributed by atoms with Crippen LogP contribution in [0.25, 0.3) is 16.0 Å². The minimum Gasteiger partial charge on any atom is -0.271 e. The molecule has 5 rings (SSSR count). The van der Waals surface area contributed by atoms with Crippen LogP contribution in [0.5, 0.6) is 0 Å². The zero-order valence-corrected chi connectivity index (χ0v) is 18.5. The van der Waals surface area contributed by atoms with Gasteiger partial charge < -0.3 is 0 Å². The Morgan fingerprint density at radius 1 is 1.00 bits per heavy atom. The molecule has 2 aromatic carbocycles. The largest absolute Gasteiger partial charge is 0.352 e. The summed E-state index contributed by atoms with van der Waals surface area (Å²) in [5.74, 6) is 0.314. The Kier molecular flexibility index (Phi) is 5.01. The molecule has 6 nitrogen and oxygen atoms in total. The molecule has 162 valence electrons. The summed E-state index contributed by atoms with van der Waals surface area (Å²) in [6.45, 7) is 4.67. The number of aromatic nitrogens is 4. The van der Waals surface area contributed by atoms with Crippen LogP contribution in [0.2, 0.25) is 0 Å².